The number of hydrogen-bond acceptors (Lipinski definition) is 3. The fourth-order valence-electron chi connectivity index (χ4n) is 1.31. The Labute approximate surface area is 102 Å². The van der Waals surface area contributed by atoms with Crippen LogP contribution in [0.3, 0.4) is 0 Å². The number of carbonyl (C=O) groups excluding carboxylic acids is 1. The van der Waals surface area contributed by atoms with Crippen molar-refractivity contribution in [3.8, 4) is 0 Å². The number of benzene rings is 1. The molecular formula is C13H20N2O2. The zero-order valence-electron chi connectivity index (χ0n) is 10.6. The second-order valence-electron chi connectivity index (χ2n) is 4.08. The van der Waals surface area contributed by atoms with E-state index in [4.69, 9.17) is 4.74 Å². The van der Waals surface area contributed by atoms with Crippen LogP contribution in [0.4, 0.5) is 10.5 Å². The van der Waals surface area contributed by atoms with Gasteiger partial charge in [-0.2, -0.15) is 0 Å². The lowest BCUT2D eigenvalue weighted by atomic mass is 10.2. The molecule has 0 unspecified atom stereocenters. The maximum absolute atomic E-state index is 11.2. The van der Waals surface area contributed by atoms with E-state index in [-0.39, 0.29) is 0 Å². The highest BCUT2D eigenvalue weighted by Gasteiger charge is 2.01. The highest BCUT2D eigenvalue weighted by Crippen LogP contribution is 2.09. The average molecular weight is 236 g/mol. The number of carbonyl (C=O) groups is 1. The van der Waals surface area contributed by atoms with Crippen molar-refractivity contribution in [2.24, 2.45) is 0 Å². The van der Waals surface area contributed by atoms with Crippen molar-refractivity contribution in [1.82, 2.24) is 5.32 Å². The van der Waals surface area contributed by atoms with Crippen LogP contribution in [0.1, 0.15) is 26.3 Å². The molecular weight excluding hydrogens is 216 g/mol. The number of nitrogens with one attached hydrogen (secondary N) is 2. The summed E-state index contributed by atoms with van der Waals surface area (Å²) in [5.41, 5.74) is 1.94. The van der Waals surface area contributed by atoms with E-state index in [0.29, 0.717) is 12.6 Å². The molecule has 4 heteroatoms. The van der Waals surface area contributed by atoms with Gasteiger partial charge in [0, 0.05) is 18.3 Å². The van der Waals surface area contributed by atoms with Gasteiger partial charge >= 0.3 is 6.09 Å². The average Bonchev–Trinajstić information content (AvgIpc) is 2.28. The van der Waals surface area contributed by atoms with Crippen molar-refractivity contribution in [3.05, 3.63) is 29.8 Å². The van der Waals surface area contributed by atoms with E-state index in [9.17, 15) is 4.79 Å². The van der Waals surface area contributed by atoms with Crippen molar-refractivity contribution in [2.75, 3.05) is 11.9 Å². The first-order valence-corrected chi connectivity index (χ1v) is 5.88. The molecule has 0 saturated carbocycles. The van der Waals surface area contributed by atoms with Crippen LogP contribution in [-0.2, 0) is 11.3 Å². The Balaban J connectivity index is 2.47. The molecule has 0 bridgehead atoms. The van der Waals surface area contributed by atoms with Gasteiger partial charge in [0.2, 0.25) is 0 Å². The summed E-state index contributed by atoms with van der Waals surface area (Å²) in [5, 5.41) is 5.98. The van der Waals surface area contributed by atoms with Crippen LogP contribution in [0, 0.1) is 0 Å². The molecule has 0 radical (unpaired) electrons. The van der Waals surface area contributed by atoms with Crippen LogP contribution >= 0.6 is 0 Å². The lowest BCUT2D eigenvalue weighted by Gasteiger charge is -2.09. The number of anilines is 1. The van der Waals surface area contributed by atoms with E-state index >= 15 is 0 Å². The summed E-state index contributed by atoms with van der Waals surface area (Å²) in [4.78, 5) is 11.2. The largest absolute Gasteiger partial charge is 0.450 e. The topological polar surface area (TPSA) is 50.4 Å². The van der Waals surface area contributed by atoms with E-state index in [1.54, 1.807) is 6.92 Å². The zero-order chi connectivity index (χ0) is 12.7. The Morgan fingerprint density at radius 1 is 1.29 bits per heavy atom. The van der Waals surface area contributed by atoms with Gasteiger partial charge in [-0.3, -0.25) is 5.32 Å². The molecule has 0 aliphatic carbocycles. The molecule has 0 saturated heterocycles. The minimum Gasteiger partial charge on any atom is -0.450 e. The smallest absolute Gasteiger partial charge is 0.411 e. The predicted octanol–water partition coefficient (Wildman–Crippen LogP) is 2.75. The van der Waals surface area contributed by atoms with Gasteiger partial charge in [-0.25, -0.2) is 4.79 Å². The summed E-state index contributed by atoms with van der Waals surface area (Å²) in [6.45, 7) is 7.20. The summed E-state index contributed by atoms with van der Waals surface area (Å²) in [6.07, 6.45) is -0.416. The Kier molecular flexibility index (Phi) is 5.49. The Morgan fingerprint density at radius 3 is 2.47 bits per heavy atom. The molecule has 0 fully saturated rings. The molecule has 0 aliphatic rings. The maximum atomic E-state index is 11.2. The summed E-state index contributed by atoms with van der Waals surface area (Å²) in [6, 6.07) is 8.17. The summed E-state index contributed by atoms with van der Waals surface area (Å²) >= 11 is 0. The lowest BCUT2D eigenvalue weighted by Crippen LogP contribution is -2.21. The second-order valence-corrected chi connectivity index (χ2v) is 4.08. The van der Waals surface area contributed by atoms with Crippen molar-refractivity contribution in [2.45, 2.75) is 33.4 Å². The fourth-order valence-corrected chi connectivity index (χ4v) is 1.31. The van der Waals surface area contributed by atoms with Crippen molar-refractivity contribution >= 4 is 11.8 Å². The molecule has 17 heavy (non-hydrogen) atoms. The fraction of sp³-hybridized carbons (Fsp3) is 0.462. The minimum absolute atomic E-state index is 0.377. The van der Waals surface area contributed by atoms with Crippen LogP contribution in [0.5, 0.6) is 0 Å². The van der Waals surface area contributed by atoms with Crippen LogP contribution in [-0.4, -0.2) is 18.7 Å². The third-order valence-corrected chi connectivity index (χ3v) is 2.19. The first-order chi connectivity index (χ1) is 8.11. The SMILES string of the molecule is CCOC(=O)Nc1ccc(CNC(C)C)cc1. The van der Waals surface area contributed by atoms with Crippen molar-refractivity contribution < 1.29 is 9.53 Å². The molecule has 1 aromatic carbocycles. The second kappa shape index (κ2) is 6.91. The van der Waals surface area contributed by atoms with E-state index in [1.165, 1.54) is 5.56 Å². The molecule has 0 aliphatic heterocycles. The van der Waals surface area contributed by atoms with E-state index in [2.05, 4.69) is 24.5 Å². The zero-order valence-corrected chi connectivity index (χ0v) is 10.6. The highest BCUT2D eigenvalue weighted by molar-refractivity contribution is 5.84. The van der Waals surface area contributed by atoms with Crippen LogP contribution in [0.2, 0.25) is 0 Å². The molecule has 1 rings (SSSR count). The molecule has 2 N–H and O–H groups in total. The molecule has 94 valence electrons. The van der Waals surface area contributed by atoms with Gasteiger partial charge in [-0.1, -0.05) is 26.0 Å². The molecule has 0 heterocycles. The Morgan fingerprint density at radius 2 is 1.94 bits per heavy atom. The van der Waals surface area contributed by atoms with Gasteiger partial charge in [-0.15, -0.1) is 0 Å². The number of rotatable bonds is 5. The monoisotopic (exact) mass is 236 g/mol. The lowest BCUT2D eigenvalue weighted by molar-refractivity contribution is 0.168. The van der Waals surface area contributed by atoms with Gasteiger partial charge in [0.1, 0.15) is 0 Å². The third kappa shape index (κ3) is 5.36. The first kappa shape index (κ1) is 13.5. The van der Waals surface area contributed by atoms with Crippen LogP contribution in [0.25, 0.3) is 0 Å². The quantitative estimate of drug-likeness (QED) is 0.826. The molecule has 0 aromatic heterocycles. The molecule has 1 aromatic rings. The molecule has 0 atom stereocenters. The number of ether oxygens (including phenoxy) is 1. The van der Waals surface area contributed by atoms with Crippen LogP contribution < -0.4 is 10.6 Å². The Bertz CT molecular complexity index is 347. The first-order valence-electron chi connectivity index (χ1n) is 5.88. The van der Waals surface area contributed by atoms with Gasteiger partial charge < -0.3 is 10.1 Å². The van der Waals surface area contributed by atoms with Crippen molar-refractivity contribution in [3.63, 3.8) is 0 Å². The summed E-state index contributed by atoms with van der Waals surface area (Å²) in [5.74, 6) is 0. The van der Waals surface area contributed by atoms with Gasteiger partial charge in [0.15, 0.2) is 0 Å². The summed E-state index contributed by atoms with van der Waals surface area (Å²) < 4.78 is 4.79. The van der Waals surface area contributed by atoms with E-state index in [0.717, 1.165) is 12.2 Å². The van der Waals surface area contributed by atoms with Gasteiger partial charge in [-0.05, 0) is 24.6 Å². The maximum Gasteiger partial charge on any atom is 0.411 e. The van der Waals surface area contributed by atoms with E-state index in [1.807, 2.05) is 24.3 Å². The molecule has 1 amide bonds. The predicted molar refractivity (Wildman–Crippen MR) is 69.1 cm³/mol. The normalized spacial score (nSPS) is 10.4. The van der Waals surface area contributed by atoms with Crippen LogP contribution in [0.15, 0.2) is 24.3 Å². The standard InChI is InChI=1S/C13H20N2O2/c1-4-17-13(16)15-12-7-5-11(6-8-12)9-14-10(2)3/h5-8,10,14H,4,9H2,1-3H3,(H,15,16). The Hall–Kier alpha value is -1.55. The third-order valence-electron chi connectivity index (χ3n) is 2.19. The highest BCUT2D eigenvalue weighted by atomic mass is 16.5. The molecule has 4 nitrogen and oxygen atoms in total. The van der Waals surface area contributed by atoms with Gasteiger partial charge in [0.25, 0.3) is 0 Å². The minimum atomic E-state index is -0.416. The summed E-state index contributed by atoms with van der Waals surface area (Å²) in [7, 11) is 0. The number of amides is 1. The van der Waals surface area contributed by atoms with Crippen molar-refractivity contribution in [1.29, 1.82) is 0 Å². The van der Waals surface area contributed by atoms with Gasteiger partial charge in [0.05, 0.1) is 6.61 Å². The number of hydrogen-bond donors (Lipinski definition) is 2. The van der Waals surface area contributed by atoms with E-state index < -0.39 is 6.09 Å². The molecule has 0 spiro atoms.